The van der Waals surface area contributed by atoms with Gasteiger partial charge < -0.3 is 13.8 Å². The van der Waals surface area contributed by atoms with Crippen LogP contribution in [0, 0.1) is 0 Å². The maximum absolute atomic E-state index is 6.88. The van der Waals surface area contributed by atoms with Crippen molar-refractivity contribution in [3.05, 3.63) is 172 Å². The summed E-state index contributed by atoms with van der Waals surface area (Å²) in [5.74, 6) is 0. The summed E-state index contributed by atoms with van der Waals surface area (Å²) in [6, 6.07) is 52.3. The molecule has 8 aromatic carbocycles. The normalized spacial score (nSPS) is 16.0. The summed E-state index contributed by atoms with van der Waals surface area (Å²) in [5, 5.41) is 5.02. The van der Waals surface area contributed by atoms with Gasteiger partial charge in [-0.3, -0.25) is 0 Å². The van der Waals surface area contributed by atoms with Crippen LogP contribution < -0.4 is 15.7 Å². The van der Waals surface area contributed by atoms with Crippen LogP contribution in [0.4, 0.5) is 11.4 Å². The van der Waals surface area contributed by atoms with Crippen LogP contribution in [0.5, 0.6) is 0 Å². The monoisotopic (exact) mass is 908 g/mol. The molecule has 70 heavy (non-hydrogen) atoms. The van der Waals surface area contributed by atoms with Crippen molar-refractivity contribution in [3.8, 4) is 39.1 Å². The SMILES string of the molecule is CC(C)(C)c1ccc(N2B3c4cc5oc6ccccc6c5cc4-n4c5ccc(C(C)(C)C)cc5c5c6c(c(c3c54)-c3cc4c(cc32)-c2ccc(C(C)(C)C)cc2C4(C)C)-c2ccccc2C6(C)C)cc1. The lowest BCUT2D eigenvalue weighted by atomic mass is 9.43. The highest BCUT2D eigenvalue weighted by Gasteiger charge is 2.51. The van der Waals surface area contributed by atoms with Crippen molar-refractivity contribution in [2.45, 2.75) is 117 Å². The highest BCUT2D eigenvalue weighted by molar-refractivity contribution is 6.94. The molecule has 0 saturated carbocycles. The van der Waals surface area contributed by atoms with Gasteiger partial charge in [-0.25, -0.2) is 0 Å². The van der Waals surface area contributed by atoms with Crippen LogP contribution in [0.25, 0.3) is 82.8 Å². The van der Waals surface area contributed by atoms with Gasteiger partial charge in [0, 0.05) is 55.0 Å². The van der Waals surface area contributed by atoms with Crippen LogP contribution in [0.1, 0.15) is 129 Å². The molecule has 0 atom stereocenters. The highest BCUT2D eigenvalue weighted by Crippen LogP contribution is 2.61. The first kappa shape index (κ1) is 42.1. The van der Waals surface area contributed by atoms with Crippen LogP contribution in [-0.2, 0) is 27.1 Å². The second-order valence-corrected chi connectivity index (χ2v) is 25.4. The summed E-state index contributed by atoms with van der Waals surface area (Å²) in [6.07, 6.45) is 0. The number of rotatable bonds is 1. The Bertz CT molecular complexity index is 4000. The van der Waals surface area contributed by atoms with E-state index in [0.29, 0.717) is 0 Å². The van der Waals surface area contributed by atoms with Gasteiger partial charge >= 0.3 is 6.85 Å². The second kappa shape index (κ2) is 13.1. The first-order chi connectivity index (χ1) is 33.1. The molecule has 4 aliphatic rings. The standard InChI is InChI=1S/C66H61BN2O/c1-62(2,3)36-22-26-39(27-23-36)69-52-33-43-40-28-24-38(64(7,8)9)31-48(40)65(10,11)49(43)32-46(52)57-56-42-19-14-16-20-47(42)66(12,13)59(56)58-45-30-37(63(4,5)6)25-29-51(45)68-53-34-44-41-18-15-17-21-54(41)70-55(44)35-50(53)67(69)60(57)61(58)68/h14-35H,1-13H3. The molecular formula is C66H61BN2O. The molecule has 0 N–H and O–H groups in total. The minimum absolute atomic E-state index is 0.0110. The van der Waals surface area contributed by atoms with E-state index < -0.39 is 0 Å². The zero-order valence-electron chi connectivity index (χ0n) is 43.1. The Morgan fingerprint density at radius 2 is 1.13 bits per heavy atom. The maximum Gasteiger partial charge on any atom is 0.333 e. The van der Waals surface area contributed by atoms with Gasteiger partial charge in [-0.15, -0.1) is 0 Å². The molecule has 344 valence electrons. The Kier molecular flexibility index (Phi) is 7.91. The summed E-state index contributed by atoms with van der Waals surface area (Å²) in [4.78, 5) is 2.73. The van der Waals surface area contributed by atoms with Gasteiger partial charge in [-0.1, -0.05) is 169 Å². The number of fused-ring (bicyclic) bond motifs is 19. The Labute approximate surface area is 413 Å². The fourth-order valence-corrected chi connectivity index (χ4v) is 13.6. The molecule has 4 heterocycles. The summed E-state index contributed by atoms with van der Waals surface area (Å²) in [6.45, 7) is 30.7. The third-order valence-corrected chi connectivity index (χ3v) is 17.4. The molecular weight excluding hydrogens is 848 g/mol. The molecule has 10 aromatic rings. The lowest BCUT2D eigenvalue weighted by molar-refractivity contribution is 0.584. The molecule has 0 amide bonds. The summed E-state index contributed by atoms with van der Waals surface area (Å²) < 4.78 is 9.56. The molecule has 0 fully saturated rings. The smallest absolute Gasteiger partial charge is 0.333 e. The molecule has 2 aromatic heterocycles. The Morgan fingerprint density at radius 3 is 1.87 bits per heavy atom. The van der Waals surface area contributed by atoms with Crippen molar-refractivity contribution in [2.75, 3.05) is 4.81 Å². The summed E-state index contributed by atoms with van der Waals surface area (Å²) in [5.41, 5.74) is 28.1. The number of furan rings is 1. The van der Waals surface area contributed by atoms with Crippen LogP contribution in [0.3, 0.4) is 0 Å². The average Bonchev–Trinajstić information content (AvgIpc) is 3.99. The van der Waals surface area contributed by atoms with E-state index in [1.54, 1.807) is 0 Å². The van der Waals surface area contributed by atoms with Crippen LogP contribution in [0.15, 0.2) is 138 Å². The summed E-state index contributed by atoms with van der Waals surface area (Å²) >= 11 is 0. The third-order valence-electron chi connectivity index (χ3n) is 17.4. The van der Waals surface area contributed by atoms with E-state index in [-0.39, 0.29) is 33.9 Å². The van der Waals surface area contributed by atoms with Gasteiger partial charge in [0.15, 0.2) is 0 Å². The van der Waals surface area contributed by atoms with Crippen molar-refractivity contribution in [2.24, 2.45) is 0 Å². The molecule has 2 aliphatic heterocycles. The minimum Gasteiger partial charge on any atom is -0.456 e. The number of benzene rings is 8. The predicted molar refractivity (Wildman–Crippen MR) is 298 cm³/mol. The maximum atomic E-state index is 6.88. The molecule has 2 aliphatic carbocycles. The van der Waals surface area contributed by atoms with Gasteiger partial charge in [-0.05, 0) is 149 Å². The van der Waals surface area contributed by atoms with Crippen molar-refractivity contribution < 1.29 is 4.42 Å². The highest BCUT2D eigenvalue weighted by atomic mass is 16.3. The fraction of sp³-hybridized carbons (Fsp3) is 0.273. The molecule has 14 rings (SSSR count). The van der Waals surface area contributed by atoms with E-state index in [2.05, 4.69) is 233 Å². The summed E-state index contributed by atoms with van der Waals surface area (Å²) in [7, 11) is 0. The minimum atomic E-state index is -0.270. The Balaban J connectivity index is 1.21. The van der Waals surface area contributed by atoms with E-state index >= 15 is 0 Å². The number of nitrogens with zero attached hydrogens (tertiary/aromatic N) is 2. The first-order valence-electron chi connectivity index (χ1n) is 25.6. The number of anilines is 2. The van der Waals surface area contributed by atoms with Gasteiger partial charge in [-0.2, -0.15) is 0 Å². The van der Waals surface area contributed by atoms with Gasteiger partial charge in [0.25, 0.3) is 0 Å². The Morgan fingerprint density at radius 1 is 0.471 bits per heavy atom. The van der Waals surface area contributed by atoms with Crippen LogP contribution in [0.2, 0.25) is 0 Å². The molecule has 0 spiro atoms. The molecule has 0 bridgehead atoms. The van der Waals surface area contributed by atoms with Crippen LogP contribution in [-0.4, -0.2) is 11.4 Å². The van der Waals surface area contributed by atoms with Gasteiger partial charge in [0.2, 0.25) is 0 Å². The van der Waals surface area contributed by atoms with E-state index in [0.717, 1.165) is 21.9 Å². The number of hydrogen-bond acceptors (Lipinski definition) is 2. The van der Waals surface area contributed by atoms with E-state index in [1.165, 1.54) is 122 Å². The largest absolute Gasteiger partial charge is 0.456 e. The number of aromatic nitrogens is 1. The molecule has 0 radical (unpaired) electrons. The Hall–Kier alpha value is -6.78. The number of para-hydroxylation sites is 1. The second-order valence-electron chi connectivity index (χ2n) is 25.4. The van der Waals surface area contributed by atoms with Crippen LogP contribution >= 0.6 is 0 Å². The average molecular weight is 909 g/mol. The van der Waals surface area contributed by atoms with Gasteiger partial charge in [0.1, 0.15) is 11.2 Å². The van der Waals surface area contributed by atoms with E-state index in [9.17, 15) is 0 Å². The van der Waals surface area contributed by atoms with Crippen molar-refractivity contribution >= 4 is 72.9 Å². The fourth-order valence-electron chi connectivity index (χ4n) is 13.6. The molecule has 4 heteroatoms. The van der Waals surface area contributed by atoms with E-state index in [1.807, 2.05) is 0 Å². The molecule has 0 unspecified atom stereocenters. The molecule has 0 saturated heterocycles. The first-order valence-corrected chi connectivity index (χ1v) is 25.6. The topological polar surface area (TPSA) is 21.3 Å². The lowest BCUT2D eigenvalue weighted by Crippen LogP contribution is -2.60. The van der Waals surface area contributed by atoms with Crippen molar-refractivity contribution in [1.82, 2.24) is 4.57 Å². The quantitative estimate of drug-likeness (QED) is 0.153. The number of hydrogen-bond donors (Lipinski definition) is 0. The lowest BCUT2D eigenvalue weighted by Gasteiger charge is -2.43. The predicted octanol–water partition coefficient (Wildman–Crippen LogP) is 16.4. The van der Waals surface area contributed by atoms with Gasteiger partial charge in [0.05, 0.1) is 11.0 Å². The van der Waals surface area contributed by atoms with Crippen molar-refractivity contribution in [3.63, 3.8) is 0 Å². The van der Waals surface area contributed by atoms with E-state index in [4.69, 9.17) is 4.42 Å². The zero-order chi connectivity index (χ0) is 48.5. The third kappa shape index (κ3) is 5.27. The van der Waals surface area contributed by atoms with Crippen molar-refractivity contribution in [1.29, 1.82) is 0 Å². The zero-order valence-corrected chi connectivity index (χ0v) is 43.1. The molecule has 3 nitrogen and oxygen atoms in total.